The third kappa shape index (κ3) is 5.08. The maximum Gasteiger partial charge on any atom is 0.261 e. The van der Waals surface area contributed by atoms with Crippen LogP contribution in [0.2, 0.25) is 0 Å². The average Bonchev–Trinajstić information content (AvgIpc) is 3.20. The third-order valence-corrected chi connectivity index (χ3v) is 7.13. The molecule has 0 fully saturated rings. The van der Waals surface area contributed by atoms with Crippen LogP contribution < -0.4 is 10.2 Å². The summed E-state index contributed by atoms with van der Waals surface area (Å²) >= 11 is 0. The number of furan rings is 1. The lowest BCUT2D eigenvalue weighted by molar-refractivity contribution is -0.137. The Bertz CT molecular complexity index is 1370. The van der Waals surface area contributed by atoms with Crippen LogP contribution in [0.5, 0.6) is 0 Å². The van der Waals surface area contributed by atoms with Crippen molar-refractivity contribution in [2.45, 2.75) is 37.8 Å². The van der Waals surface area contributed by atoms with Gasteiger partial charge >= 0.3 is 0 Å². The minimum absolute atomic E-state index is 0.0628. The van der Waals surface area contributed by atoms with Gasteiger partial charge in [-0.15, -0.1) is 0 Å². The SMILES string of the molecule is CCC(C)[C@H](NS(=O)(=O)c1ccc2oc3ccccc3c2c1)C(=O)NOCc1ccccc1. The lowest BCUT2D eigenvalue weighted by Crippen LogP contribution is -2.50. The van der Waals surface area contributed by atoms with Gasteiger partial charge in [-0.25, -0.2) is 13.9 Å². The van der Waals surface area contributed by atoms with Crippen molar-refractivity contribution in [2.75, 3.05) is 0 Å². The molecule has 4 rings (SSSR count). The van der Waals surface area contributed by atoms with Crippen LogP contribution in [-0.2, 0) is 26.3 Å². The van der Waals surface area contributed by atoms with Crippen molar-refractivity contribution in [1.82, 2.24) is 10.2 Å². The zero-order valence-electron chi connectivity index (χ0n) is 18.4. The number of carbonyl (C=O) groups is 1. The number of carbonyl (C=O) groups excluding carboxylic acids is 1. The lowest BCUT2D eigenvalue weighted by Gasteiger charge is -2.23. The van der Waals surface area contributed by atoms with Gasteiger partial charge in [0, 0.05) is 10.8 Å². The number of amides is 1. The minimum atomic E-state index is -3.98. The Labute approximate surface area is 192 Å². The highest BCUT2D eigenvalue weighted by atomic mass is 32.2. The van der Waals surface area contributed by atoms with Gasteiger partial charge < -0.3 is 4.42 Å². The van der Waals surface area contributed by atoms with Crippen molar-refractivity contribution in [3.05, 3.63) is 78.4 Å². The van der Waals surface area contributed by atoms with E-state index in [9.17, 15) is 13.2 Å². The highest BCUT2D eigenvalue weighted by Gasteiger charge is 2.30. The molecule has 33 heavy (non-hydrogen) atoms. The number of para-hydroxylation sites is 1. The van der Waals surface area contributed by atoms with E-state index in [1.807, 2.05) is 68.4 Å². The number of sulfonamides is 1. The monoisotopic (exact) mass is 466 g/mol. The Morgan fingerprint density at radius 2 is 1.67 bits per heavy atom. The number of nitrogens with one attached hydrogen (secondary N) is 2. The Morgan fingerprint density at radius 3 is 2.42 bits per heavy atom. The molecule has 1 aromatic heterocycles. The van der Waals surface area contributed by atoms with Gasteiger partial charge in [0.25, 0.3) is 5.91 Å². The molecule has 2 atom stereocenters. The second-order valence-electron chi connectivity index (χ2n) is 7.98. The van der Waals surface area contributed by atoms with E-state index in [1.165, 1.54) is 6.07 Å². The molecule has 8 heteroatoms. The maximum absolute atomic E-state index is 13.2. The first-order chi connectivity index (χ1) is 15.9. The molecule has 0 aliphatic rings. The molecule has 1 amide bonds. The molecule has 0 saturated heterocycles. The van der Waals surface area contributed by atoms with Crippen LogP contribution in [0.3, 0.4) is 0 Å². The van der Waals surface area contributed by atoms with E-state index in [2.05, 4.69) is 10.2 Å². The van der Waals surface area contributed by atoms with E-state index in [0.29, 0.717) is 23.0 Å². The fourth-order valence-corrected chi connectivity index (χ4v) is 4.93. The summed E-state index contributed by atoms with van der Waals surface area (Å²) in [6.45, 7) is 3.89. The van der Waals surface area contributed by atoms with Crippen molar-refractivity contribution >= 4 is 37.9 Å². The first-order valence-corrected chi connectivity index (χ1v) is 12.3. The van der Waals surface area contributed by atoms with Gasteiger partial charge in [-0.1, -0.05) is 68.8 Å². The number of rotatable bonds is 9. The van der Waals surface area contributed by atoms with Crippen LogP contribution in [0.4, 0.5) is 0 Å². The summed E-state index contributed by atoms with van der Waals surface area (Å²) in [7, 11) is -3.98. The minimum Gasteiger partial charge on any atom is -0.456 e. The Morgan fingerprint density at radius 1 is 0.970 bits per heavy atom. The van der Waals surface area contributed by atoms with Crippen LogP contribution in [0.15, 0.2) is 82.1 Å². The van der Waals surface area contributed by atoms with Crippen LogP contribution in [0.25, 0.3) is 21.9 Å². The molecular weight excluding hydrogens is 440 g/mol. The zero-order chi connectivity index (χ0) is 23.4. The molecule has 0 aliphatic carbocycles. The summed E-state index contributed by atoms with van der Waals surface area (Å²) in [5.74, 6) is -0.794. The molecule has 1 unspecified atom stereocenters. The number of hydroxylamine groups is 1. The summed E-state index contributed by atoms with van der Waals surface area (Å²) in [6, 6.07) is 20.5. The first kappa shape index (κ1) is 23.0. The molecular formula is C25H26N2O5S. The molecule has 0 aliphatic heterocycles. The number of benzene rings is 3. The van der Waals surface area contributed by atoms with Gasteiger partial charge in [-0.05, 0) is 35.7 Å². The molecule has 0 bridgehead atoms. The van der Waals surface area contributed by atoms with Crippen molar-refractivity contribution < 1.29 is 22.5 Å². The van der Waals surface area contributed by atoms with Crippen molar-refractivity contribution in [2.24, 2.45) is 5.92 Å². The standard InChI is InChI=1S/C25H26N2O5S/c1-3-17(2)24(25(28)26-31-16-18-9-5-4-6-10-18)27-33(29,30)19-13-14-23-21(15-19)20-11-7-8-12-22(20)32-23/h4-15,17,24,27H,3,16H2,1-2H3,(H,26,28)/t17?,24-/m0/s1. The van der Waals surface area contributed by atoms with E-state index in [1.54, 1.807) is 12.1 Å². The van der Waals surface area contributed by atoms with Crippen LogP contribution in [0.1, 0.15) is 25.8 Å². The molecule has 2 N–H and O–H groups in total. The third-order valence-electron chi connectivity index (χ3n) is 5.69. The van der Waals surface area contributed by atoms with E-state index < -0.39 is 22.0 Å². The van der Waals surface area contributed by atoms with Crippen LogP contribution >= 0.6 is 0 Å². The number of fused-ring (bicyclic) bond motifs is 3. The zero-order valence-corrected chi connectivity index (χ0v) is 19.3. The Balaban J connectivity index is 1.53. The summed E-state index contributed by atoms with van der Waals surface area (Å²) in [5, 5.41) is 1.53. The molecule has 7 nitrogen and oxygen atoms in total. The second kappa shape index (κ2) is 9.74. The first-order valence-electron chi connectivity index (χ1n) is 10.8. The average molecular weight is 467 g/mol. The Hall–Kier alpha value is -3.20. The van der Waals surface area contributed by atoms with E-state index in [4.69, 9.17) is 9.25 Å². The fourth-order valence-electron chi connectivity index (χ4n) is 3.60. The molecule has 3 aromatic carbocycles. The van der Waals surface area contributed by atoms with Crippen molar-refractivity contribution in [3.63, 3.8) is 0 Å². The van der Waals surface area contributed by atoms with E-state index in [0.717, 1.165) is 10.9 Å². The lowest BCUT2D eigenvalue weighted by atomic mass is 10.00. The van der Waals surface area contributed by atoms with Crippen LogP contribution in [-0.4, -0.2) is 20.4 Å². The van der Waals surface area contributed by atoms with Gasteiger partial charge in [0.2, 0.25) is 10.0 Å². The topological polar surface area (TPSA) is 97.6 Å². The highest BCUT2D eigenvalue weighted by Crippen LogP contribution is 2.30. The highest BCUT2D eigenvalue weighted by molar-refractivity contribution is 7.89. The van der Waals surface area contributed by atoms with Gasteiger partial charge in [-0.3, -0.25) is 9.63 Å². The largest absolute Gasteiger partial charge is 0.456 e. The summed E-state index contributed by atoms with van der Waals surface area (Å²) < 4.78 is 34.7. The van der Waals surface area contributed by atoms with Crippen LogP contribution in [0, 0.1) is 5.92 Å². The van der Waals surface area contributed by atoms with E-state index in [-0.39, 0.29) is 17.4 Å². The molecule has 0 saturated carbocycles. The predicted octanol–water partition coefficient (Wildman–Crippen LogP) is 4.53. The van der Waals surface area contributed by atoms with Crippen molar-refractivity contribution in [3.8, 4) is 0 Å². The quantitative estimate of drug-likeness (QED) is 0.353. The summed E-state index contributed by atoms with van der Waals surface area (Å²) in [5.41, 5.74) is 4.56. The van der Waals surface area contributed by atoms with Gasteiger partial charge in [0.05, 0.1) is 11.5 Å². The van der Waals surface area contributed by atoms with Gasteiger partial charge in [0.1, 0.15) is 17.2 Å². The smallest absolute Gasteiger partial charge is 0.261 e. The fraction of sp³-hybridized carbons (Fsp3) is 0.240. The normalized spacial score (nSPS) is 13.8. The maximum atomic E-state index is 13.2. The summed E-state index contributed by atoms with van der Waals surface area (Å²) in [6.07, 6.45) is 0.602. The number of hydrogen-bond donors (Lipinski definition) is 2. The van der Waals surface area contributed by atoms with Gasteiger partial charge in [0.15, 0.2) is 0 Å². The van der Waals surface area contributed by atoms with E-state index >= 15 is 0 Å². The summed E-state index contributed by atoms with van der Waals surface area (Å²) in [4.78, 5) is 18.2. The van der Waals surface area contributed by atoms with Gasteiger partial charge in [-0.2, -0.15) is 4.72 Å². The molecule has 0 radical (unpaired) electrons. The Kier molecular flexibility index (Phi) is 6.78. The second-order valence-corrected chi connectivity index (χ2v) is 9.70. The predicted molar refractivity (Wildman–Crippen MR) is 127 cm³/mol. The number of hydrogen-bond acceptors (Lipinski definition) is 5. The molecule has 4 aromatic rings. The van der Waals surface area contributed by atoms with Crippen molar-refractivity contribution in [1.29, 1.82) is 0 Å². The molecule has 172 valence electrons. The molecule has 1 heterocycles. The molecule has 0 spiro atoms.